The highest BCUT2D eigenvalue weighted by Gasteiger charge is 2.41. The summed E-state index contributed by atoms with van der Waals surface area (Å²) in [5, 5.41) is 10.2. The van der Waals surface area contributed by atoms with Gasteiger partial charge in [-0.1, -0.05) is 11.8 Å². The molecule has 10 heteroatoms. The van der Waals surface area contributed by atoms with Gasteiger partial charge in [0.25, 0.3) is 0 Å². The number of ether oxygens (including phenoxy) is 1. The molecule has 6 nitrogen and oxygen atoms in total. The number of hydrogen-bond acceptors (Lipinski definition) is 7. The second kappa shape index (κ2) is 8.55. The molecule has 0 amide bonds. The summed E-state index contributed by atoms with van der Waals surface area (Å²) in [6, 6.07) is 2.82. The minimum absolute atomic E-state index is 0.0423. The van der Waals surface area contributed by atoms with Gasteiger partial charge in [0.05, 0.1) is 25.0 Å². The number of aromatic nitrogens is 3. The molecule has 4 heterocycles. The third-order valence-corrected chi connectivity index (χ3v) is 7.12. The van der Waals surface area contributed by atoms with Gasteiger partial charge >= 0.3 is 6.18 Å². The Morgan fingerprint density at radius 3 is 2.65 bits per heavy atom. The summed E-state index contributed by atoms with van der Waals surface area (Å²) in [6.45, 7) is 5.83. The molecule has 2 aromatic heterocycles. The number of rotatable bonds is 4. The van der Waals surface area contributed by atoms with Gasteiger partial charge in [-0.2, -0.15) is 13.2 Å². The number of piperidine rings is 1. The van der Waals surface area contributed by atoms with E-state index in [1.165, 1.54) is 12.1 Å². The fourth-order valence-corrected chi connectivity index (χ4v) is 5.33. The van der Waals surface area contributed by atoms with Crippen LogP contribution in [0.15, 0.2) is 28.3 Å². The van der Waals surface area contributed by atoms with Crippen molar-refractivity contribution >= 4 is 17.6 Å². The lowest BCUT2D eigenvalue weighted by Gasteiger charge is -2.39. The van der Waals surface area contributed by atoms with E-state index in [4.69, 9.17) is 4.74 Å². The molecule has 1 N–H and O–H groups in total. The SMILES string of the molecule is Cc1nc(N2CCC3(CC2)CO[C@@H](C)C3)c(CO)nc1Sc1cccnc1C(F)(F)F. The van der Waals surface area contributed by atoms with Gasteiger partial charge in [0, 0.05) is 24.2 Å². The van der Waals surface area contributed by atoms with Crippen molar-refractivity contribution in [1.29, 1.82) is 0 Å². The molecule has 0 bridgehead atoms. The fraction of sp³-hybridized carbons (Fsp3) is 0.571. The molecular formula is C21H25F3N4O2S. The van der Waals surface area contributed by atoms with Crippen molar-refractivity contribution in [2.75, 3.05) is 24.6 Å². The maximum absolute atomic E-state index is 13.3. The van der Waals surface area contributed by atoms with Crippen molar-refractivity contribution in [3.05, 3.63) is 35.4 Å². The smallest absolute Gasteiger partial charge is 0.390 e. The first-order valence-electron chi connectivity index (χ1n) is 10.3. The van der Waals surface area contributed by atoms with Crippen LogP contribution in [-0.2, 0) is 17.5 Å². The maximum Gasteiger partial charge on any atom is 0.434 e. The second-order valence-corrected chi connectivity index (χ2v) is 9.34. The van der Waals surface area contributed by atoms with Gasteiger partial charge in [-0.05, 0) is 50.7 Å². The Labute approximate surface area is 183 Å². The largest absolute Gasteiger partial charge is 0.434 e. The molecule has 0 unspecified atom stereocenters. The number of nitrogens with zero attached hydrogens (tertiary/aromatic N) is 4. The molecule has 2 fully saturated rings. The zero-order chi connectivity index (χ0) is 22.2. The Hall–Kier alpha value is -1.91. The van der Waals surface area contributed by atoms with Crippen LogP contribution in [-0.4, -0.2) is 45.9 Å². The van der Waals surface area contributed by atoms with Crippen LogP contribution in [0.4, 0.5) is 19.0 Å². The molecule has 2 saturated heterocycles. The van der Waals surface area contributed by atoms with E-state index in [2.05, 4.69) is 26.8 Å². The van der Waals surface area contributed by atoms with Crippen LogP contribution in [0.1, 0.15) is 43.3 Å². The van der Waals surface area contributed by atoms with Crippen molar-refractivity contribution in [3.8, 4) is 0 Å². The standard InChI is InChI=1S/C21H25F3N4O2S/c1-13-10-20(12-30-13)5-8-28(9-6-20)18-15(11-29)27-19(14(2)26-18)31-16-4-3-7-25-17(16)21(22,23)24/h3-4,7,13,29H,5-6,8-12H2,1-2H3/t13-/m0/s1. The number of pyridine rings is 1. The molecule has 31 heavy (non-hydrogen) atoms. The van der Waals surface area contributed by atoms with Crippen LogP contribution in [0, 0.1) is 12.3 Å². The number of hydrogen-bond donors (Lipinski definition) is 1. The van der Waals surface area contributed by atoms with Crippen LogP contribution in [0.2, 0.25) is 0 Å². The quantitative estimate of drug-likeness (QED) is 0.741. The van der Waals surface area contributed by atoms with Crippen molar-refractivity contribution in [1.82, 2.24) is 15.0 Å². The Kier molecular flexibility index (Phi) is 6.15. The lowest BCUT2D eigenvalue weighted by molar-refractivity contribution is -0.143. The van der Waals surface area contributed by atoms with E-state index in [-0.39, 0.29) is 23.0 Å². The van der Waals surface area contributed by atoms with Crippen LogP contribution in [0.3, 0.4) is 0 Å². The third kappa shape index (κ3) is 4.65. The molecule has 0 saturated carbocycles. The molecule has 0 radical (unpaired) electrons. The highest BCUT2D eigenvalue weighted by molar-refractivity contribution is 7.99. The molecule has 2 aliphatic rings. The molecule has 2 aromatic rings. The van der Waals surface area contributed by atoms with Crippen molar-refractivity contribution in [2.45, 2.75) is 61.9 Å². The van der Waals surface area contributed by atoms with Gasteiger partial charge in [0.1, 0.15) is 10.7 Å². The van der Waals surface area contributed by atoms with E-state index < -0.39 is 11.9 Å². The second-order valence-electron chi connectivity index (χ2n) is 8.31. The zero-order valence-corrected chi connectivity index (χ0v) is 18.3. The average Bonchev–Trinajstić information content (AvgIpc) is 3.09. The van der Waals surface area contributed by atoms with Crippen LogP contribution in [0.25, 0.3) is 0 Å². The lowest BCUT2D eigenvalue weighted by Crippen LogP contribution is -2.41. The van der Waals surface area contributed by atoms with Crippen molar-refractivity contribution in [2.24, 2.45) is 5.41 Å². The van der Waals surface area contributed by atoms with E-state index in [1.54, 1.807) is 6.92 Å². The monoisotopic (exact) mass is 454 g/mol. The first-order chi connectivity index (χ1) is 14.7. The third-order valence-electron chi connectivity index (χ3n) is 5.99. The Bertz CT molecular complexity index is 949. The predicted molar refractivity (Wildman–Crippen MR) is 110 cm³/mol. The Morgan fingerprint density at radius 2 is 2.03 bits per heavy atom. The number of aliphatic hydroxyl groups is 1. The molecule has 2 aliphatic heterocycles. The highest BCUT2D eigenvalue weighted by atomic mass is 32.2. The van der Waals surface area contributed by atoms with Gasteiger partial charge in [0.15, 0.2) is 11.5 Å². The number of aliphatic hydroxyl groups excluding tert-OH is 1. The number of aryl methyl sites for hydroxylation is 1. The van der Waals surface area contributed by atoms with Gasteiger partial charge in [-0.3, -0.25) is 4.98 Å². The number of halogens is 3. The topological polar surface area (TPSA) is 71.4 Å². The van der Waals surface area contributed by atoms with E-state index in [1.807, 2.05) is 0 Å². The van der Waals surface area contributed by atoms with Crippen LogP contribution < -0.4 is 4.90 Å². The summed E-state index contributed by atoms with van der Waals surface area (Å²) in [6.07, 6.45) is -0.149. The zero-order valence-electron chi connectivity index (χ0n) is 17.4. The highest BCUT2D eigenvalue weighted by Crippen LogP contribution is 2.43. The molecule has 1 spiro atoms. The first kappa shape index (κ1) is 22.3. The van der Waals surface area contributed by atoms with Crippen LogP contribution in [0.5, 0.6) is 0 Å². The van der Waals surface area contributed by atoms with E-state index in [0.29, 0.717) is 22.2 Å². The summed E-state index contributed by atoms with van der Waals surface area (Å²) in [5.74, 6) is 0.605. The molecule has 1 atom stereocenters. The average molecular weight is 455 g/mol. The van der Waals surface area contributed by atoms with Crippen molar-refractivity contribution < 1.29 is 23.0 Å². The normalized spacial score (nSPS) is 21.1. The first-order valence-corrected chi connectivity index (χ1v) is 11.1. The summed E-state index contributed by atoms with van der Waals surface area (Å²) in [7, 11) is 0. The molecule has 168 valence electrons. The van der Waals surface area contributed by atoms with E-state index in [9.17, 15) is 18.3 Å². The summed E-state index contributed by atoms with van der Waals surface area (Å²) in [5.41, 5.74) is 0.150. The summed E-state index contributed by atoms with van der Waals surface area (Å²) < 4.78 is 45.6. The van der Waals surface area contributed by atoms with E-state index in [0.717, 1.165) is 56.9 Å². The number of anilines is 1. The van der Waals surface area contributed by atoms with Crippen LogP contribution >= 0.6 is 11.8 Å². The molecular weight excluding hydrogens is 429 g/mol. The van der Waals surface area contributed by atoms with Crippen molar-refractivity contribution in [3.63, 3.8) is 0 Å². The minimum Gasteiger partial charge on any atom is -0.390 e. The lowest BCUT2D eigenvalue weighted by atomic mass is 9.77. The molecule has 4 rings (SSSR count). The Morgan fingerprint density at radius 1 is 1.29 bits per heavy atom. The van der Waals surface area contributed by atoms with Gasteiger partial charge < -0.3 is 14.7 Å². The van der Waals surface area contributed by atoms with Gasteiger partial charge in [-0.15, -0.1) is 0 Å². The van der Waals surface area contributed by atoms with Gasteiger partial charge in [0.2, 0.25) is 0 Å². The predicted octanol–water partition coefficient (Wildman–Crippen LogP) is 4.24. The van der Waals surface area contributed by atoms with Gasteiger partial charge in [-0.25, -0.2) is 9.97 Å². The fourth-order valence-electron chi connectivity index (χ4n) is 4.36. The van der Waals surface area contributed by atoms with E-state index >= 15 is 0 Å². The molecule has 0 aromatic carbocycles. The minimum atomic E-state index is -4.56. The maximum atomic E-state index is 13.3. The molecule has 0 aliphatic carbocycles. The summed E-state index contributed by atoms with van der Waals surface area (Å²) >= 11 is 0.866. The Balaban J connectivity index is 1.56. The number of alkyl halides is 3. The summed E-state index contributed by atoms with van der Waals surface area (Å²) in [4.78, 5) is 14.7.